The van der Waals surface area contributed by atoms with Gasteiger partial charge in [0, 0.05) is 11.1 Å². The van der Waals surface area contributed by atoms with Gasteiger partial charge in [-0.2, -0.15) is 0 Å². The molecule has 116 valence electrons. The molecule has 1 aromatic carbocycles. The largest absolute Gasteiger partial charge is 0.469 e. The molecule has 2 N–H and O–H groups in total. The van der Waals surface area contributed by atoms with Gasteiger partial charge < -0.3 is 8.83 Å². The van der Waals surface area contributed by atoms with Gasteiger partial charge in [-0.05, 0) is 37.3 Å². The van der Waals surface area contributed by atoms with E-state index in [0.29, 0.717) is 28.3 Å². The van der Waals surface area contributed by atoms with Crippen molar-refractivity contribution in [3.63, 3.8) is 0 Å². The SMILES string of the molecule is Cc1occc1C(=O)NNC(=O)c1ccc(-c2nnco2)cc1. The first kappa shape index (κ1) is 14.5. The molecule has 0 saturated heterocycles. The maximum absolute atomic E-state index is 12.0. The Labute approximate surface area is 130 Å². The van der Waals surface area contributed by atoms with Gasteiger partial charge in [0.25, 0.3) is 11.8 Å². The molecule has 0 aliphatic carbocycles. The number of hydrogen-bond acceptors (Lipinski definition) is 6. The number of hydrazine groups is 1. The fraction of sp³-hybridized carbons (Fsp3) is 0.0667. The summed E-state index contributed by atoms with van der Waals surface area (Å²) >= 11 is 0. The molecule has 2 aromatic heterocycles. The molecule has 0 spiro atoms. The summed E-state index contributed by atoms with van der Waals surface area (Å²) in [5, 5.41) is 7.36. The van der Waals surface area contributed by atoms with Gasteiger partial charge in [-0.1, -0.05) is 0 Å². The Morgan fingerprint density at radius 1 is 1.00 bits per heavy atom. The predicted molar refractivity (Wildman–Crippen MR) is 78.1 cm³/mol. The van der Waals surface area contributed by atoms with Gasteiger partial charge in [-0.25, -0.2) is 0 Å². The number of furan rings is 1. The van der Waals surface area contributed by atoms with Crippen molar-refractivity contribution >= 4 is 11.8 Å². The molecule has 0 fully saturated rings. The van der Waals surface area contributed by atoms with Crippen molar-refractivity contribution in [1.29, 1.82) is 0 Å². The average molecular weight is 312 g/mol. The predicted octanol–water partition coefficient (Wildman–Crippen LogP) is 1.71. The molecule has 8 heteroatoms. The zero-order valence-corrected chi connectivity index (χ0v) is 12.1. The van der Waals surface area contributed by atoms with Gasteiger partial charge in [0.15, 0.2) is 0 Å². The minimum Gasteiger partial charge on any atom is -0.469 e. The third-order valence-electron chi connectivity index (χ3n) is 3.15. The van der Waals surface area contributed by atoms with Crippen LogP contribution in [0.4, 0.5) is 0 Å². The quantitative estimate of drug-likeness (QED) is 0.712. The zero-order valence-electron chi connectivity index (χ0n) is 12.1. The van der Waals surface area contributed by atoms with Crippen molar-refractivity contribution < 1.29 is 18.4 Å². The highest BCUT2D eigenvalue weighted by molar-refractivity contribution is 5.99. The lowest BCUT2D eigenvalue weighted by molar-refractivity contribution is 0.0845. The number of carbonyl (C=O) groups is 2. The normalized spacial score (nSPS) is 10.3. The van der Waals surface area contributed by atoms with E-state index in [0.717, 1.165) is 0 Å². The van der Waals surface area contributed by atoms with Gasteiger partial charge in [0.1, 0.15) is 5.76 Å². The Morgan fingerprint density at radius 3 is 2.35 bits per heavy atom. The second-order valence-corrected chi connectivity index (χ2v) is 4.62. The standard InChI is InChI=1S/C15H12N4O4/c1-9-12(6-7-22-9)14(21)18-17-13(20)10-2-4-11(5-3-10)15-19-16-8-23-15/h2-8H,1H3,(H,17,20)(H,18,21). The topological polar surface area (TPSA) is 110 Å². The molecule has 23 heavy (non-hydrogen) atoms. The van der Waals surface area contributed by atoms with Gasteiger partial charge in [0.2, 0.25) is 12.3 Å². The number of aromatic nitrogens is 2. The monoisotopic (exact) mass is 312 g/mol. The Kier molecular flexibility index (Phi) is 3.88. The summed E-state index contributed by atoms with van der Waals surface area (Å²) < 4.78 is 10.1. The number of rotatable bonds is 3. The fourth-order valence-corrected chi connectivity index (χ4v) is 1.94. The van der Waals surface area contributed by atoms with E-state index >= 15 is 0 Å². The third kappa shape index (κ3) is 3.10. The smallest absolute Gasteiger partial charge is 0.273 e. The van der Waals surface area contributed by atoms with Gasteiger partial charge in [0.05, 0.1) is 11.8 Å². The zero-order chi connectivity index (χ0) is 16.2. The molecule has 3 rings (SSSR count). The molecule has 0 saturated carbocycles. The maximum atomic E-state index is 12.0. The summed E-state index contributed by atoms with van der Waals surface area (Å²) in [7, 11) is 0. The average Bonchev–Trinajstić information content (AvgIpc) is 3.24. The van der Waals surface area contributed by atoms with Crippen molar-refractivity contribution in [3.8, 4) is 11.5 Å². The maximum Gasteiger partial charge on any atom is 0.273 e. The van der Waals surface area contributed by atoms with Crippen molar-refractivity contribution in [2.75, 3.05) is 0 Å². The van der Waals surface area contributed by atoms with E-state index in [9.17, 15) is 9.59 Å². The Balaban J connectivity index is 1.62. The molecule has 0 bridgehead atoms. The van der Waals surface area contributed by atoms with Crippen LogP contribution in [-0.4, -0.2) is 22.0 Å². The highest BCUT2D eigenvalue weighted by Gasteiger charge is 2.13. The molecule has 0 unspecified atom stereocenters. The van der Waals surface area contributed by atoms with Crippen LogP contribution in [0.25, 0.3) is 11.5 Å². The van der Waals surface area contributed by atoms with E-state index in [1.165, 1.54) is 18.7 Å². The number of aryl methyl sites for hydroxylation is 1. The number of nitrogens with zero attached hydrogens (tertiary/aromatic N) is 2. The first-order valence-electron chi connectivity index (χ1n) is 6.66. The first-order valence-corrected chi connectivity index (χ1v) is 6.66. The highest BCUT2D eigenvalue weighted by atomic mass is 16.4. The number of benzene rings is 1. The molecule has 0 aliphatic heterocycles. The Morgan fingerprint density at radius 2 is 1.74 bits per heavy atom. The molecule has 3 aromatic rings. The van der Waals surface area contributed by atoms with Crippen molar-refractivity contribution in [1.82, 2.24) is 21.0 Å². The number of hydrogen-bond donors (Lipinski definition) is 2. The lowest BCUT2D eigenvalue weighted by Gasteiger charge is -2.07. The summed E-state index contributed by atoms with van der Waals surface area (Å²) in [6, 6.07) is 8.04. The number of amides is 2. The Hall–Kier alpha value is -3.42. The van der Waals surface area contributed by atoms with Crippen LogP contribution in [0.5, 0.6) is 0 Å². The molecular formula is C15H12N4O4. The van der Waals surface area contributed by atoms with Crippen LogP contribution in [0, 0.1) is 6.92 Å². The third-order valence-corrected chi connectivity index (χ3v) is 3.15. The first-order chi connectivity index (χ1) is 11.1. The highest BCUT2D eigenvalue weighted by Crippen LogP contribution is 2.16. The van der Waals surface area contributed by atoms with E-state index in [-0.39, 0.29) is 0 Å². The second kappa shape index (κ2) is 6.14. The number of nitrogens with one attached hydrogen (secondary N) is 2. The molecular weight excluding hydrogens is 300 g/mol. The van der Waals surface area contributed by atoms with Crippen molar-refractivity contribution in [2.24, 2.45) is 0 Å². The van der Waals surface area contributed by atoms with Crippen LogP contribution in [-0.2, 0) is 0 Å². The van der Waals surface area contributed by atoms with Crippen LogP contribution in [0.1, 0.15) is 26.5 Å². The summed E-state index contributed by atoms with van der Waals surface area (Å²) in [6.45, 7) is 1.66. The molecule has 0 aliphatic rings. The van der Waals surface area contributed by atoms with E-state index in [1.54, 1.807) is 31.2 Å². The van der Waals surface area contributed by atoms with Crippen LogP contribution in [0.15, 0.2) is 51.8 Å². The summed E-state index contributed by atoms with van der Waals surface area (Å²) in [5.41, 5.74) is 6.09. The van der Waals surface area contributed by atoms with Gasteiger partial charge >= 0.3 is 0 Å². The molecule has 8 nitrogen and oxygen atoms in total. The fourth-order valence-electron chi connectivity index (χ4n) is 1.94. The van der Waals surface area contributed by atoms with Crippen LogP contribution >= 0.6 is 0 Å². The number of carbonyl (C=O) groups excluding carboxylic acids is 2. The second-order valence-electron chi connectivity index (χ2n) is 4.62. The van der Waals surface area contributed by atoms with Gasteiger partial charge in [-0.15, -0.1) is 10.2 Å². The van der Waals surface area contributed by atoms with Gasteiger partial charge in [-0.3, -0.25) is 20.4 Å². The summed E-state index contributed by atoms with van der Waals surface area (Å²) in [5.74, 6) is -0.0648. The molecule has 0 atom stereocenters. The summed E-state index contributed by atoms with van der Waals surface area (Å²) in [6.07, 6.45) is 2.63. The lowest BCUT2D eigenvalue weighted by Crippen LogP contribution is -2.41. The van der Waals surface area contributed by atoms with E-state index in [2.05, 4.69) is 21.0 Å². The van der Waals surface area contributed by atoms with Crippen LogP contribution in [0.3, 0.4) is 0 Å². The van der Waals surface area contributed by atoms with Crippen molar-refractivity contribution in [3.05, 3.63) is 59.9 Å². The van der Waals surface area contributed by atoms with Crippen LogP contribution in [0.2, 0.25) is 0 Å². The lowest BCUT2D eigenvalue weighted by atomic mass is 10.1. The molecule has 2 heterocycles. The van der Waals surface area contributed by atoms with E-state index in [1.807, 2.05) is 0 Å². The minimum absolute atomic E-state index is 0.358. The Bertz CT molecular complexity index is 822. The molecule has 0 radical (unpaired) electrons. The molecule has 2 amide bonds. The van der Waals surface area contributed by atoms with E-state index < -0.39 is 11.8 Å². The summed E-state index contributed by atoms with van der Waals surface area (Å²) in [4.78, 5) is 23.9. The minimum atomic E-state index is -0.452. The van der Waals surface area contributed by atoms with Crippen molar-refractivity contribution in [2.45, 2.75) is 6.92 Å². The van der Waals surface area contributed by atoms with E-state index in [4.69, 9.17) is 8.83 Å². The van der Waals surface area contributed by atoms with Crippen LogP contribution < -0.4 is 10.9 Å².